The number of rotatable bonds is 6. The third kappa shape index (κ3) is 5.13. The Labute approximate surface area is 109 Å². The molecule has 0 fully saturated rings. The summed E-state index contributed by atoms with van der Waals surface area (Å²) in [5.74, 6) is -0.0925. The summed E-state index contributed by atoms with van der Waals surface area (Å²) >= 11 is 0. The maximum absolute atomic E-state index is 13.1. The van der Waals surface area contributed by atoms with Crippen LogP contribution < -0.4 is 0 Å². The summed E-state index contributed by atoms with van der Waals surface area (Å²) in [5, 5.41) is 10.2. The highest BCUT2D eigenvalue weighted by atomic mass is 19.1. The Morgan fingerprint density at radius 3 is 2.94 bits per heavy atom. The van der Waals surface area contributed by atoms with Crippen molar-refractivity contribution in [1.82, 2.24) is 0 Å². The zero-order valence-electron chi connectivity index (χ0n) is 11.3. The summed E-state index contributed by atoms with van der Waals surface area (Å²) in [4.78, 5) is 3.72. The second-order valence-corrected chi connectivity index (χ2v) is 4.91. The van der Waals surface area contributed by atoms with Crippen molar-refractivity contribution < 1.29 is 9.50 Å². The SMILES string of the molecule is CCCC(CC)CC(O)C1C=CC/C=C(F)\N=C/1. The minimum absolute atomic E-state index is 0.171. The lowest BCUT2D eigenvalue weighted by atomic mass is 9.88. The first-order valence-corrected chi connectivity index (χ1v) is 6.91. The third-order valence-electron chi connectivity index (χ3n) is 3.44. The molecule has 3 heteroatoms. The standard InChI is InChI=1S/C15H24FNO/c1-3-7-12(4-2)10-14(18)13-8-5-6-9-15(16)17-11-13/h5,8-9,11-14,18H,3-4,6-7,10H2,1-2H3/b8-5?,15-9-,17-11-. The third-order valence-corrected chi connectivity index (χ3v) is 3.44. The van der Waals surface area contributed by atoms with Crippen molar-refractivity contribution in [1.29, 1.82) is 0 Å². The van der Waals surface area contributed by atoms with E-state index in [1.54, 1.807) is 0 Å². The van der Waals surface area contributed by atoms with Crippen LogP contribution in [0.4, 0.5) is 4.39 Å². The van der Waals surface area contributed by atoms with Crippen LogP contribution in [0.5, 0.6) is 0 Å². The van der Waals surface area contributed by atoms with Crippen molar-refractivity contribution in [2.45, 2.75) is 52.1 Å². The van der Waals surface area contributed by atoms with Gasteiger partial charge in [0, 0.05) is 12.1 Å². The van der Waals surface area contributed by atoms with Crippen LogP contribution in [0.2, 0.25) is 0 Å². The van der Waals surface area contributed by atoms with E-state index in [1.165, 1.54) is 12.3 Å². The van der Waals surface area contributed by atoms with E-state index in [0.29, 0.717) is 12.3 Å². The van der Waals surface area contributed by atoms with Gasteiger partial charge in [0.25, 0.3) is 0 Å². The predicted molar refractivity (Wildman–Crippen MR) is 74.2 cm³/mol. The summed E-state index contributed by atoms with van der Waals surface area (Å²) < 4.78 is 13.1. The molecule has 1 rings (SSSR count). The molecule has 3 atom stereocenters. The second-order valence-electron chi connectivity index (χ2n) is 4.91. The lowest BCUT2D eigenvalue weighted by Gasteiger charge is -2.22. The number of aliphatic hydroxyl groups is 1. The van der Waals surface area contributed by atoms with Crippen molar-refractivity contribution in [3.63, 3.8) is 0 Å². The molecule has 1 heterocycles. The molecule has 0 aliphatic carbocycles. The molecule has 0 aromatic heterocycles. The molecule has 2 nitrogen and oxygen atoms in total. The Morgan fingerprint density at radius 2 is 2.28 bits per heavy atom. The number of nitrogens with zero attached hydrogens (tertiary/aromatic N) is 1. The van der Waals surface area contributed by atoms with E-state index in [2.05, 4.69) is 18.8 Å². The molecule has 0 amide bonds. The first-order valence-electron chi connectivity index (χ1n) is 6.91. The Kier molecular flexibility index (Phi) is 6.88. The van der Waals surface area contributed by atoms with Crippen LogP contribution in [0.1, 0.15) is 46.0 Å². The fourth-order valence-electron chi connectivity index (χ4n) is 2.28. The van der Waals surface area contributed by atoms with Gasteiger partial charge in [-0.25, -0.2) is 4.99 Å². The van der Waals surface area contributed by atoms with Crippen molar-refractivity contribution in [3.05, 3.63) is 24.2 Å². The highest BCUT2D eigenvalue weighted by Gasteiger charge is 2.19. The Balaban J connectivity index is 2.59. The molecule has 102 valence electrons. The van der Waals surface area contributed by atoms with Crippen LogP contribution in [0.3, 0.4) is 0 Å². The number of halogens is 1. The molecule has 0 aromatic carbocycles. The van der Waals surface area contributed by atoms with Gasteiger partial charge in [0.15, 0.2) is 0 Å². The van der Waals surface area contributed by atoms with E-state index in [-0.39, 0.29) is 5.92 Å². The van der Waals surface area contributed by atoms with Crippen molar-refractivity contribution in [2.24, 2.45) is 16.8 Å². The van der Waals surface area contributed by atoms with Gasteiger partial charge in [-0.05, 0) is 24.8 Å². The average molecular weight is 253 g/mol. The lowest BCUT2D eigenvalue weighted by molar-refractivity contribution is 0.122. The topological polar surface area (TPSA) is 32.6 Å². The predicted octanol–water partition coefficient (Wildman–Crippen LogP) is 4.02. The fourth-order valence-corrected chi connectivity index (χ4v) is 2.28. The van der Waals surface area contributed by atoms with Gasteiger partial charge < -0.3 is 5.11 Å². The first kappa shape index (κ1) is 15.1. The van der Waals surface area contributed by atoms with Crippen LogP contribution in [0.15, 0.2) is 29.2 Å². The van der Waals surface area contributed by atoms with Crippen LogP contribution in [0, 0.1) is 11.8 Å². The molecular weight excluding hydrogens is 229 g/mol. The fraction of sp³-hybridized carbons (Fsp3) is 0.667. The van der Waals surface area contributed by atoms with Gasteiger partial charge in [-0.1, -0.05) is 45.3 Å². The average Bonchev–Trinajstić information content (AvgIpc) is 2.33. The molecule has 1 aliphatic rings. The van der Waals surface area contributed by atoms with Gasteiger partial charge in [-0.15, -0.1) is 0 Å². The minimum atomic E-state index is -0.465. The lowest BCUT2D eigenvalue weighted by Crippen LogP contribution is -2.23. The number of aliphatic imine (C=N–C) groups is 1. The summed E-state index contributed by atoms with van der Waals surface area (Å²) in [6.45, 7) is 4.31. The van der Waals surface area contributed by atoms with Crippen molar-refractivity contribution in [3.8, 4) is 0 Å². The molecule has 0 saturated carbocycles. The Bertz CT molecular complexity index is 322. The van der Waals surface area contributed by atoms with Crippen molar-refractivity contribution in [2.75, 3.05) is 0 Å². The van der Waals surface area contributed by atoms with Gasteiger partial charge >= 0.3 is 0 Å². The summed E-state index contributed by atoms with van der Waals surface area (Å²) in [6, 6.07) is 0. The summed E-state index contributed by atoms with van der Waals surface area (Å²) in [7, 11) is 0. The molecule has 3 unspecified atom stereocenters. The van der Waals surface area contributed by atoms with E-state index in [0.717, 1.165) is 25.7 Å². The Morgan fingerprint density at radius 1 is 1.50 bits per heavy atom. The molecule has 0 saturated heterocycles. The maximum Gasteiger partial charge on any atom is 0.208 e. The normalized spacial score (nSPS) is 27.8. The second kappa shape index (κ2) is 8.20. The highest BCUT2D eigenvalue weighted by molar-refractivity contribution is 5.65. The van der Waals surface area contributed by atoms with E-state index in [9.17, 15) is 9.50 Å². The smallest absolute Gasteiger partial charge is 0.208 e. The molecule has 18 heavy (non-hydrogen) atoms. The first-order chi connectivity index (χ1) is 8.67. The number of allylic oxidation sites excluding steroid dienone is 2. The van der Waals surface area contributed by atoms with E-state index >= 15 is 0 Å². The Hall–Kier alpha value is -0.960. The number of hydrogen-bond acceptors (Lipinski definition) is 2. The maximum atomic E-state index is 13.1. The highest BCUT2D eigenvalue weighted by Crippen LogP contribution is 2.22. The van der Waals surface area contributed by atoms with Crippen LogP contribution in [0.25, 0.3) is 0 Å². The van der Waals surface area contributed by atoms with Crippen LogP contribution in [-0.2, 0) is 0 Å². The van der Waals surface area contributed by atoms with Gasteiger partial charge in [-0.3, -0.25) is 0 Å². The van der Waals surface area contributed by atoms with E-state index in [1.807, 2.05) is 12.2 Å². The molecule has 1 aliphatic heterocycles. The molecule has 0 spiro atoms. The van der Waals surface area contributed by atoms with Gasteiger partial charge in [0.2, 0.25) is 5.95 Å². The monoisotopic (exact) mass is 253 g/mol. The van der Waals surface area contributed by atoms with E-state index in [4.69, 9.17) is 0 Å². The van der Waals surface area contributed by atoms with Gasteiger partial charge in [0.1, 0.15) is 0 Å². The zero-order chi connectivity index (χ0) is 13.4. The number of hydrogen-bond donors (Lipinski definition) is 1. The molecule has 0 bridgehead atoms. The molecule has 0 aromatic rings. The molecule has 0 radical (unpaired) electrons. The minimum Gasteiger partial charge on any atom is -0.392 e. The molecule has 1 N–H and O–H groups in total. The summed E-state index contributed by atoms with van der Waals surface area (Å²) in [6.07, 6.45) is 10.9. The van der Waals surface area contributed by atoms with E-state index < -0.39 is 12.1 Å². The van der Waals surface area contributed by atoms with Crippen LogP contribution >= 0.6 is 0 Å². The quantitative estimate of drug-likeness (QED) is 0.562. The van der Waals surface area contributed by atoms with Gasteiger partial charge in [-0.2, -0.15) is 4.39 Å². The molecular formula is C15H24FNO. The van der Waals surface area contributed by atoms with Gasteiger partial charge in [0.05, 0.1) is 6.10 Å². The zero-order valence-corrected chi connectivity index (χ0v) is 11.3. The summed E-state index contributed by atoms with van der Waals surface area (Å²) in [5.41, 5.74) is 0. The number of aliphatic hydroxyl groups excluding tert-OH is 1. The van der Waals surface area contributed by atoms with Crippen molar-refractivity contribution >= 4 is 6.21 Å². The van der Waals surface area contributed by atoms with Crippen LogP contribution in [-0.4, -0.2) is 17.4 Å². The largest absolute Gasteiger partial charge is 0.392 e.